The summed E-state index contributed by atoms with van der Waals surface area (Å²) in [7, 11) is 0. The van der Waals surface area contributed by atoms with Gasteiger partial charge in [0, 0.05) is 34.7 Å². The minimum absolute atomic E-state index is 0.179. The van der Waals surface area contributed by atoms with Crippen LogP contribution in [0.4, 0.5) is 11.4 Å². The van der Waals surface area contributed by atoms with E-state index in [0.29, 0.717) is 15.6 Å². The molecule has 2 saturated heterocycles. The van der Waals surface area contributed by atoms with Gasteiger partial charge >= 0.3 is 0 Å². The highest BCUT2D eigenvalue weighted by atomic mass is 35.5. The summed E-state index contributed by atoms with van der Waals surface area (Å²) in [5.41, 5.74) is 2.32. The smallest absolute Gasteiger partial charge is 0.255 e. The summed E-state index contributed by atoms with van der Waals surface area (Å²) in [5, 5.41) is 4.20. The molecule has 0 radical (unpaired) electrons. The van der Waals surface area contributed by atoms with Crippen molar-refractivity contribution in [3.8, 4) is 0 Å². The maximum Gasteiger partial charge on any atom is 0.255 e. The zero-order valence-corrected chi connectivity index (χ0v) is 20.3. The van der Waals surface area contributed by atoms with Crippen LogP contribution in [0.15, 0.2) is 42.5 Å². The molecule has 0 aliphatic carbocycles. The van der Waals surface area contributed by atoms with Gasteiger partial charge in [-0.15, -0.1) is 0 Å². The van der Waals surface area contributed by atoms with Crippen molar-refractivity contribution in [2.75, 3.05) is 36.4 Å². The Labute approximate surface area is 201 Å². The first-order valence-electron chi connectivity index (χ1n) is 11.8. The number of piperidine rings is 2. The summed E-state index contributed by atoms with van der Waals surface area (Å²) in [6.07, 6.45) is 7.74. The Morgan fingerprint density at radius 2 is 1.78 bits per heavy atom. The lowest BCUT2D eigenvalue weighted by atomic mass is 9.92. The second-order valence-corrected chi connectivity index (χ2v) is 10.1. The Morgan fingerprint density at radius 3 is 2.53 bits per heavy atom. The fraction of sp³-hybridized carbons (Fsp3) is 0.500. The van der Waals surface area contributed by atoms with Gasteiger partial charge in [-0.1, -0.05) is 35.7 Å². The lowest BCUT2D eigenvalue weighted by Crippen LogP contribution is -2.40. The van der Waals surface area contributed by atoms with Gasteiger partial charge in [0.15, 0.2) is 0 Å². The van der Waals surface area contributed by atoms with E-state index in [9.17, 15) is 4.79 Å². The average Bonchev–Trinajstić information content (AvgIpc) is 2.79. The van der Waals surface area contributed by atoms with Crippen LogP contribution in [0.3, 0.4) is 0 Å². The molecule has 0 spiro atoms. The molecule has 2 aromatic carbocycles. The van der Waals surface area contributed by atoms with Crippen LogP contribution >= 0.6 is 23.2 Å². The molecule has 0 aromatic heterocycles. The Morgan fingerprint density at radius 1 is 1.00 bits per heavy atom. The highest BCUT2D eigenvalue weighted by molar-refractivity contribution is 6.31. The lowest BCUT2D eigenvalue weighted by molar-refractivity contribution is 0.102. The molecule has 32 heavy (non-hydrogen) atoms. The predicted molar refractivity (Wildman–Crippen MR) is 135 cm³/mol. The molecular formula is C26H33Cl2N3O. The van der Waals surface area contributed by atoms with Crippen LogP contribution in [-0.4, -0.2) is 43.0 Å². The molecule has 2 aromatic rings. The van der Waals surface area contributed by atoms with E-state index in [4.69, 9.17) is 23.2 Å². The third kappa shape index (κ3) is 5.98. The predicted octanol–water partition coefficient (Wildman–Crippen LogP) is 6.73. The molecule has 2 fully saturated rings. The Kier molecular flexibility index (Phi) is 7.98. The number of amides is 1. The largest absolute Gasteiger partial charge is 0.370 e. The van der Waals surface area contributed by atoms with Gasteiger partial charge in [0.1, 0.15) is 0 Å². The number of hydrogen-bond donors (Lipinski definition) is 1. The highest BCUT2D eigenvalue weighted by Gasteiger charge is 2.24. The molecule has 172 valence electrons. The van der Waals surface area contributed by atoms with Gasteiger partial charge in [-0.25, -0.2) is 0 Å². The van der Waals surface area contributed by atoms with E-state index in [2.05, 4.69) is 22.0 Å². The monoisotopic (exact) mass is 473 g/mol. The minimum atomic E-state index is -0.179. The summed E-state index contributed by atoms with van der Waals surface area (Å²) in [5.74, 6) is 0.596. The average molecular weight is 474 g/mol. The van der Waals surface area contributed by atoms with Gasteiger partial charge in [0.2, 0.25) is 0 Å². The van der Waals surface area contributed by atoms with Gasteiger partial charge in [-0.05, 0) is 94.4 Å². The third-order valence-corrected chi connectivity index (χ3v) is 7.48. The number of rotatable bonds is 6. The van der Waals surface area contributed by atoms with Crippen molar-refractivity contribution in [2.24, 2.45) is 5.92 Å². The number of nitrogens with one attached hydrogen (secondary N) is 1. The van der Waals surface area contributed by atoms with Crippen LogP contribution in [0.25, 0.3) is 0 Å². The van der Waals surface area contributed by atoms with Crippen molar-refractivity contribution in [3.63, 3.8) is 0 Å². The Balaban J connectivity index is 1.36. The van der Waals surface area contributed by atoms with E-state index < -0.39 is 0 Å². The van der Waals surface area contributed by atoms with E-state index in [1.165, 1.54) is 51.6 Å². The van der Waals surface area contributed by atoms with E-state index in [1.807, 2.05) is 18.2 Å². The highest BCUT2D eigenvalue weighted by Crippen LogP contribution is 2.33. The lowest BCUT2D eigenvalue weighted by Gasteiger charge is -2.37. The molecule has 1 unspecified atom stereocenters. The first-order valence-corrected chi connectivity index (χ1v) is 12.6. The summed E-state index contributed by atoms with van der Waals surface area (Å²) in [6.45, 7) is 6.87. The summed E-state index contributed by atoms with van der Waals surface area (Å²) >= 11 is 12.3. The van der Waals surface area contributed by atoms with Crippen molar-refractivity contribution in [2.45, 2.75) is 51.5 Å². The zero-order valence-electron chi connectivity index (χ0n) is 18.8. The molecule has 1 atom stereocenters. The van der Waals surface area contributed by atoms with Crippen molar-refractivity contribution in [1.82, 2.24) is 4.90 Å². The molecule has 2 heterocycles. The summed E-state index contributed by atoms with van der Waals surface area (Å²) < 4.78 is 0. The zero-order chi connectivity index (χ0) is 22.5. The van der Waals surface area contributed by atoms with Gasteiger partial charge < -0.3 is 15.1 Å². The SMILES string of the molecule is CC1CCCCN1CCC1CCN(c2ccc(Cl)cc2NC(=O)c2cccc(Cl)c2)CC1. The van der Waals surface area contributed by atoms with Gasteiger partial charge in [0.05, 0.1) is 11.4 Å². The van der Waals surface area contributed by atoms with Crippen LogP contribution in [0.5, 0.6) is 0 Å². The quantitative estimate of drug-likeness (QED) is 0.505. The van der Waals surface area contributed by atoms with Crippen molar-refractivity contribution in [1.29, 1.82) is 0 Å². The second-order valence-electron chi connectivity index (χ2n) is 9.23. The number of benzene rings is 2. The molecule has 6 heteroatoms. The molecule has 2 aliphatic rings. The summed E-state index contributed by atoms with van der Waals surface area (Å²) in [4.78, 5) is 17.8. The molecule has 0 bridgehead atoms. The standard InChI is InChI=1S/C26H33Cl2N3O/c1-19-5-2-3-13-30(19)14-10-20-11-15-31(16-12-20)25-9-8-23(28)18-24(25)29-26(32)21-6-4-7-22(27)17-21/h4,6-9,17-20H,2-3,5,10-16H2,1H3,(H,29,32). The number of nitrogens with zero attached hydrogens (tertiary/aromatic N) is 2. The Hall–Kier alpha value is -1.75. The third-order valence-electron chi connectivity index (χ3n) is 7.01. The van der Waals surface area contributed by atoms with E-state index in [0.717, 1.165) is 36.4 Å². The molecule has 4 rings (SSSR count). The normalized spacial score (nSPS) is 20.3. The molecule has 1 amide bonds. The van der Waals surface area contributed by atoms with Crippen LogP contribution < -0.4 is 10.2 Å². The van der Waals surface area contributed by atoms with Crippen molar-refractivity contribution in [3.05, 3.63) is 58.1 Å². The molecular weight excluding hydrogens is 441 g/mol. The van der Waals surface area contributed by atoms with Gasteiger partial charge in [0.25, 0.3) is 5.91 Å². The number of carbonyl (C=O) groups is 1. The number of halogens is 2. The second kappa shape index (κ2) is 10.9. The van der Waals surface area contributed by atoms with Crippen LogP contribution in [0, 0.1) is 5.92 Å². The maximum atomic E-state index is 12.8. The molecule has 2 aliphatic heterocycles. The van der Waals surface area contributed by atoms with Gasteiger partial charge in [-0.3, -0.25) is 4.79 Å². The first-order chi connectivity index (χ1) is 15.5. The van der Waals surface area contributed by atoms with Crippen LogP contribution in [0.1, 0.15) is 55.8 Å². The fourth-order valence-electron chi connectivity index (χ4n) is 5.01. The topological polar surface area (TPSA) is 35.6 Å². The summed E-state index contributed by atoms with van der Waals surface area (Å²) in [6, 6.07) is 13.5. The van der Waals surface area contributed by atoms with Crippen molar-refractivity contribution >= 4 is 40.5 Å². The molecule has 4 nitrogen and oxygen atoms in total. The molecule has 0 saturated carbocycles. The van der Waals surface area contributed by atoms with E-state index in [-0.39, 0.29) is 5.91 Å². The minimum Gasteiger partial charge on any atom is -0.370 e. The van der Waals surface area contributed by atoms with Crippen LogP contribution in [-0.2, 0) is 0 Å². The number of hydrogen-bond acceptors (Lipinski definition) is 3. The number of likely N-dealkylation sites (tertiary alicyclic amines) is 1. The number of carbonyl (C=O) groups excluding carboxylic acids is 1. The maximum absolute atomic E-state index is 12.8. The first kappa shape index (κ1) is 23.4. The van der Waals surface area contributed by atoms with Gasteiger partial charge in [-0.2, -0.15) is 0 Å². The van der Waals surface area contributed by atoms with Crippen molar-refractivity contribution < 1.29 is 4.79 Å². The van der Waals surface area contributed by atoms with Crippen LogP contribution in [0.2, 0.25) is 10.0 Å². The van der Waals surface area contributed by atoms with E-state index in [1.54, 1.807) is 24.3 Å². The Bertz CT molecular complexity index is 927. The van der Waals surface area contributed by atoms with E-state index >= 15 is 0 Å². The fourth-order valence-corrected chi connectivity index (χ4v) is 5.37. The molecule has 1 N–H and O–H groups in total. The number of anilines is 2.